The van der Waals surface area contributed by atoms with Crippen LogP contribution in [0.2, 0.25) is 0 Å². The molecule has 0 amide bonds. The lowest BCUT2D eigenvalue weighted by Crippen LogP contribution is -2.16. The summed E-state index contributed by atoms with van der Waals surface area (Å²) < 4.78 is 26.9. The van der Waals surface area contributed by atoms with Crippen molar-refractivity contribution in [2.75, 3.05) is 10.5 Å². The lowest BCUT2D eigenvalue weighted by molar-refractivity contribution is 0.602. The van der Waals surface area contributed by atoms with Gasteiger partial charge in [0.1, 0.15) is 0 Å². The molecule has 18 heavy (non-hydrogen) atoms. The number of aromatic nitrogens is 1. The van der Waals surface area contributed by atoms with Crippen molar-refractivity contribution in [1.29, 1.82) is 0 Å². The standard InChI is InChI=1S/C12H14N2O3S/c1-3-18(16,17)13-10-5-6-11-9(8-10)4-7-12(15)14(11)2/h4-8,13H,3H2,1-2H3. The van der Waals surface area contributed by atoms with Crippen molar-refractivity contribution >= 4 is 26.6 Å². The van der Waals surface area contributed by atoms with Crippen LogP contribution in [0.4, 0.5) is 5.69 Å². The second-order valence-corrected chi connectivity index (χ2v) is 6.02. The van der Waals surface area contributed by atoms with E-state index in [9.17, 15) is 13.2 Å². The van der Waals surface area contributed by atoms with Crippen molar-refractivity contribution in [3.05, 3.63) is 40.7 Å². The number of rotatable bonds is 3. The van der Waals surface area contributed by atoms with Crippen LogP contribution in [0.25, 0.3) is 10.9 Å². The highest BCUT2D eigenvalue weighted by molar-refractivity contribution is 7.92. The number of nitrogens with zero attached hydrogens (tertiary/aromatic N) is 1. The molecule has 1 heterocycles. The number of anilines is 1. The molecule has 2 aromatic rings. The largest absolute Gasteiger partial charge is 0.311 e. The lowest BCUT2D eigenvalue weighted by Gasteiger charge is -2.08. The molecule has 0 bridgehead atoms. The SMILES string of the molecule is CCS(=O)(=O)Nc1ccc2c(ccc(=O)n2C)c1. The smallest absolute Gasteiger partial charge is 0.250 e. The Bertz CT molecular complexity index is 747. The maximum atomic E-state index is 11.5. The Morgan fingerprint density at radius 2 is 1.94 bits per heavy atom. The first kappa shape index (κ1) is 12.6. The highest BCUT2D eigenvalue weighted by Crippen LogP contribution is 2.18. The van der Waals surface area contributed by atoms with E-state index in [1.807, 2.05) is 0 Å². The molecule has 6 heteroatoms. The van der Waals surface area contributed by atoms with Crippen LogP contribution < -0.4 is 10.3 Å². The Morgan fingerprint density at radius 3 is 2.61 bits per heavy atom. The molecule has 2 rings (SSSR count). The molecule has 0 spiro atoms. The molecule has 0 atom stereocenters. The van der Waals surface area contributed by atoms with Gasteiger partial charge in [-0.05, 0) is 31.2 Å². The van der Waals surface area contributed by atoms with E-state index in [1.54, 1.807) is 38.2 Å². The molecule has 0 unspecified atom stereocenters. The van der Waals surface area contributed by atoms with Gasteiger partial charge in [-0.15, -0.1) is 0 Å². The topological polar surface area (TPSA) is 68.2 Å². The second kappa shape index (κ2) is 4.45. The predicted molar refractivity (Wildman–Crippen MR) is 72.3 cm³/mol. The van der Waals surface area contributed by atoms with Gasteiger partial charge in [0.05, 0.1) is 11.3 Å². The Labute approximate surface area is 105 Å². The first-order valence-corrected chi connectivity index (χ1v) is 7.18. The molecule has 0 aliphatic rings. The first-order valence-electron chi connectivity index (χ1n) is 5.53. The molecule has 0 saturated carbocycles. The summed E-state index contributed by atoms with van der Waals surface area (Å²) in [6.45, 7) is 1.58. The molecule has 1 N–H and O–H groups in total. The van der Waals surface area contributed by atoms with Crippen LogP contribution in [0, 0.1) is 0 Å². The third-order valence-electron chi connectivity index (χ3n) is 2.78. The van der Waals surface area contributed by atoms with Crippen molar-refractivity contribution in [3.8, 4) is 0 Å². The fourth-order valence-corrected chi connectivity index (χ4v) is 2.33. The van der Waals surface area contributed by atoms with Gasteiger partial charge in [-0.1, -0.05) is 0 Å². The van der Waals surface area contributed by atoms with Crippen molar-refractivity contribution in [3.63, 3.8) is 0 Å². The summed E-state index contributed by atoms with van der Waals surface area (Å²) in [5, 5.41) is 0.813. The van der Waals surface area contributed by atoms with Crippen molar-refractivity contribution in [2.24, 2.45) is 7.05 Å². The Morgan fingerprint density at radius 1 is 1.22 bits per heavy atom. The van der Waals surface area contributed by atoms with Crippen molar-refractivity contribution in [2.45, 2.75) is 6.92 Å². The number of sulfonamides is 1. The molecule has 5 nitrogen and oxygen atoms in total. The van der Waals surface area contributed by atoms with E-state index >= 15 is 0 Å². The average Bonchev–Trinajstić information content (AvgIpc) is 2.34. The minimum atomic E-state index is -3.28. The van der Waals surface area contributed by atoms with Gasteiger partial charge in [0.15, 0.2) is 0 Å². The van der Waals surface area contributed by atoms with Gasteiger partial charge in [-0.3, -0.25) is 9.52 Å². The van der Waals surface area contributed by atoms with Gasteiger partial charge in [0.25, 0.3) is 5.56 Å². The maximum absolute atomic E-state index is 11.5. The van der Waals surface area contributed by atoms with E-state index in [0.717, 1.165) is 10.9 Å². The summed E-state index contributed by atoms with van der Waals surface area (Å²) in [5.74, 6) is 0.0261. The first-order chi connectivity index (χ1) is 8.43. The molecule has 0 fully saturated rings. The van der Waals surface area contributed by atoms with Gasteiger partial charge in [0, 0.05) is 24.2 Å². The zero-order valence-electron chi connectivity index (χ0n) is 10.2. The molecule has 0 radical (unpaired) electrons. The number of aryl methyl sites for hydroxylation is 1. The van der Waals surface area contributed by atoms with E-state index in [2.05, 4.69) is 4.72 Å². The third-order valence-corrected chi connectivity index (χ3v) is 4.09. The fraction of sp³-hybridized carbons (Fsp3) is 0.250. The fourth-order valence-electron chi connectivity index (χ4n) is 1.70. The summed E-state index contributed by atoms with van der Waals surface area (Å²) >= 11 is 0. The third kappa shape index (κ3) is 2.38. The monoisotopic (exact) mass is 266 g/mol. The number of pyridine rings is 1. The minimum absolute atomic E-state index is 0.0261. The zero-order valence-corrected chi connectivity index (χ0v) is 11.0. The van der Waals surface area contributed by atoms with Crippen LogP contribution in [0.1, 0.15) is 6.92 Å². The number of hydrogen-bond donors (Lipinski definition) is 1. The van der Waals surface area contributed by atoms with Gasteiger partial charge >= 0.3 is 0 Å². The van der Waals surface area contributed by atoms with Gasteiger partial charge in [0.2, 0.25) is 10.0 Å². The van der Waals surface area contributed by atoms with Gasteiger partial charge in [-0.25, -0.2) is 8.42 Å². The number of hydrogen-bond acceptors (Lipinski definition) is 3. The summed E-state index contributed by atoms with van der Waals surface area (Å²) in [5.41, 5.74) is 1.18. The minimum Gasteiger partial charge on any atom is -0.311 e. The van der Waals surface area contributed by atoms with E-state index in [-0.39, 0.29) is 11.3 Å². The summed E-state index contributed by atoms with van der Waals surface area (Å²) in [7, 11) is -1.60. The highest BCUT2D eigenvalue weighted by Gasteiger charge is 2.07. The molecule has 0 saturated heterocycles. The molecule has 0 aliphatic heterocycles. The van der Waals surface area contributed by atoms with Crippen LogP contribution in [0.3, 0.4) is 0 Å². The summed E-state index contributed by atoms with van der Waals surface area (Å²) in [6.07, 6.45) is 0. The average molecular weight is 266 g/mol. The Kier molecular flexibility index (Phi) is 3.13. The highest BCUT2D eigenvalue weighted by atomic mass is 32.2. The summed E-state index contributed by atoms with van der Waals surface area (Å²) in [6, 6.07) is 8.23. The van der Waals surface area contributed by atoms with Crippen LogP contribution >= 0.6 is 0 Å². The molecular weight excluding hydrogens is 252 g/mol. The van der Waals surface area contributed by atoms with E-state index < -0.39 is 10.0 Å². The van der Waals surface area contributed by atoms with Crippen LogP contribution in [0.15, 0.2) is 35.1 Å². The zero-order chi connectivity index (χ0) is 13.3. The van der Waals surface area contributed by atoms with E-state index in [4.69, 9.17) is 0 Å². The van der Waals surface area contributed by atoms with Crippen LogP contribution in [0.5, 0.6) is 0 Å². The van der Waals surface area contributed by atoms with E-state index in [1.165, 1.54) is 10.6 Å². The number of benzene rings is 1. The van der Waals surface area contributed by atoms with Crippen LogP contribution in [-0.2, 0) is 17.1 Å². The second-order valence-electron chi connectivity index (χ2n) is 4.01. The van der Waals surface area contributed by atoms with Crippen LogP contribution in [-0.4, -0.2) is 18.7 Å². The molecule has 1 aromatic carbocycles. The van der Waals surface area contributed by atoms with Gasteiger partial charge < -0.3 is 4.57 Å². The van der Waals surface area contributed by atoms with Crippen molar-refractivity contribution < 1.29 is 8.42 Å². The number of nitrogens with one attached hydrogen (secondary N) is 1. The molecular formula is C12H14N2O3S. The Balaban J connectivity index is 2.53. The molecule has 1 aromatic heterocycles. The van der Waals surface area contributed by atoms with E-state index in [0.29, 0.717) is 5.69 Å². The number of fused-ring (bicyclic) bond motifs is 1. The summed E-state index contributed by atoms with van der Waals surface area (Å²) in [4.78, 5) is 11.4. The molecule has 96 valence electrons. The lowest BCUT2D eigenvalue weighted by atomic mass is 10.2. The maximum Gasteiger partial charge on any atom is 0.250 e. The van der Waals surface area contributed by atoms with Crippen molar-refractivity contribution in [1.82, 2.24) is 4.57 Å². The normalized spacial score (nSPS) is 11.7. The quantitative estimate of drug-likeness (QED) is 0.910. The molecule has 0 aliphatic carbocycles. The predicted octanol–water partition coefficient (Wildman–Crippen LogP) is 1.30. The Hall–Kier alpha value is -1.82. The van der Waals surface area contributed by atoms with Gasteiger partial charge in [-0.2, -0.15) is 0 Å².